The molecule has 1 aromatic carbocycles. The predicted molar refractivity (Wildman–Crippen MR) is 90.0 cm³/mol. The van der Waals surface area contributed by atoms with Gasteiger partial charge in [0.25, 0.3) is 0 Å². The van der Waals surface area contributed by atoms with E-state index in [4.69, 9.17) is 9.47 Å². The van der Waals surface area contributed by atoms with Gasteiger partial charge in [0.2, 0.25) is 0 Å². The maximum atomic E-state index is 5.62. The Bertz CT molecular complexity index is 375. The van der Waals surface area contributed by atoms with Gasteiger partial charge in [-0.05, 0) is 51.9 Å². The van der Waals surface area contributed by atoms with Crippen molar-refractivity contribution in [3.05, 3.63) is 28.2 Å². The highest BCUT2D eigenvalue weighted by atomic mass is 79.9. The van der Waals surface area contributed by atoms with Crippen LogP contribution in [-0.4, -0.2) is 25.9 Å². The number of hydrogen-bond acceptors (Lipinski definition) is 3. The molecule has 0 spiro atoms. The summed E-state index contributed by atoms with van der Waals surface area (Å²) in [5.74, 6) is 0.955. The van der Waals surface area contributed by atoms with E-state index in [-0.39, 0.29) is 12.4 Å². The monoisotopic (exact) mass is 365 g/mol. The van der Waals surface area contributed by atoms with Crippen LogP contribution in [-0.2, 0) is 11.3 Å². The van der Waals surface area contributed by atoms with Gasteiger partial charge in [0.05, 0.1) is 12.7 Å². The lowest BCUT2D eigenvalue weighted by molar-refractivity contribution is 0.0770. The first-order valence-corrected chi connectivity index (χ1v) is 7.66. The molecule has 20 heavy (non-hydrogen) atoms. The minimum Gasteiger partial charge on any atom is -0.494 e. The van der Waals surface area contributed by atoms with E-state index in [1.54, 1.807) is 0 Å². The zero-order valence-electron chi connectivity index (χ0n) is 12.4. The number of ether oxygens (including phenoxy) is 2. The summed E-state index contributed by atoms with van der Waals surface area (Å²) in [6.45, 7) is 9.38. The van der Waals surface area contributed by atoms with E-state index < -0.39 is 0 Å². The maximum Gasteiger partial charge on any atom is 0.123 e. The fraction of sp³-hybridized carbons (Fsp3) is 0.600. The topological polar surface area (TPSA) is 30.5 Å². The molecule has 116 valence electrons. The highest BCUT2D eigenvalue weighted by molar-refractivity contribution is 9.10. The number of nitrogens with one attached hydrogen (secondary N) is 1. The predicted octanol–water partition coefficient (Wildman–Crippen LogP) is 4.17. The molecular weight excluding hydrogens is 342 g/mol. The third-order valence-corrected chi connectivity index (χ3v) is 3.08. The zero-order chi connectivity index (χ0) is 14.1. The van der Waals surface area contributed by atoms with Gasteiger partial charge in [-0.25, -0.2) is 0 Å². The average molecular weight is 367 g/mol. The Morgan fingerprint density at radius 1 is 1.30 bits per heavy atom. The molecule has 0 heterocycles. The molecule has 1 N–H and O–H groups in total. The highest BCUT2D eigenvalue weighted by Gasteiger charge is 2.04. The van der Waals surface area contributed by atoms with E-state index in [0.717, 1.165) is 36.3 Å². The van der Waals surface area contributed by atoms with Crippen LogP contribution in [0, 0.1) is 0 Å². The van der Waals surface area contributed by atoms with Crippen molar-refractivity contribution >= 4 is 28.3 Å². The van der Waals surface area contributed by atoms with Crippen molar-refractivity contribution in [1.82, 2.24) is 5.32 Å². The summed E-state index contributed by atoms with van der Waals surface area (Å²) >= 11 is 3.49. The van der Waals surface area contributed by atoms with E-state index in [1.165, 1.54) is 5.56 Å². The molecule has 0 aliphatic carbocycles. The van der Waals surface area contributed by atoms with E-state index >= 15 is 0 Å². The van der Waals surface area contributed by atoms with Crippen LogP contribution in [0.15, 0.2) is 22.7 Å². The number of halogens is 2. The Hall–Kier alpha value is -0.290. The van der Waals surface area contributed by atoms with Crippen molar-refractivity contribution in [2.45, 2.75) is 39.8 Å². The largest absolute Gasteiger partial charge is 0.494 e. The third-order valence-electron chi connectivity index (χ3n) is 2.59. The first-order chi connectivity index (χ1) is 9.13. The summed E-state index contributed by atoms with van der Waals surface area (Å²) in [4.78, 5) is 0. The van der Waals surface area contributed by atoms with Crippen LogP contribution in [0.4, 0.5) is 0 Å². The van der Waals surface area contributed by atoms with E-state index in [1.807, 2.05) is 19.1 Å². The minimum atomic E-state index is 0. The van der Waals surface area contributed by atoms with Gasteiger partial charge in [-0.2, -0.15) is 0 Å². The lowest BCUT2D eigenvalue weighted by Gasteiger charge is -2.12. The second-order valence-corrected chi connectivity index (χ2v) is 5.55. The fourth-order valence-corrected chi connectivity index (χ4v) is 2.13. The molecule has 0 aromatic heterocycles. The zero-order valence-corrected chi connectivity index (χ0v) is 14.9. The Kier molecular flexibility index (Phi) is 11.2. The molecule has 0 radical (unpaired) electrons. The molecule has 1 aromatic rings. The maximum absolute atomic E-state index is 5.62. The summed E-state index contributed by atoms with van der Waals surface area (Å²) in [5, 5.41) is 3.42. The highest BCUT2D eigenvalue weighted by Crippen LogP contribution is 2.23. The molecule has 0 bridgehead atoms. The molecule has 0 amide bonds. The molecule has 0 saturated heterocycles. The second kappa shape index (κ2) is 11.4. The summed E-state index contributed by atoms with van der Waals surface area (Å²) in [7, 11) is 0. The molecule has 1 rings (SSSR count). The molecule has 0 aliphatic rings. The van der Waals surface area contributed by atoms with Gasteiger partial charge in [0, 0.05) is 23.2 Å². The molecule has 0 saturated carbocycles. The Morgan fingerprint density at radius 2 is 2.05 bits per heavy atom. The van der Waals surface area contributed by atoms with Crippen LogP contribution >= 0.6 is 28.3 Å². The number of benzene rings is 1. The van der Waals surface area contributed by atoms with E-state index in [9.17, 15) is 0 Å². The quantitative estimate of drug-likeness (QED) is 0.665. The second-order valence-electron chi connectivity index (χ2n) is 4.63. The van der Waals surface area contributed by atoms with Gasteiger partial charge in [0.1, 0.15) is 5.75 Å². The van der Waals surface area contributed by atoms with Crippen molar-refractivity contribution in [3.8, 4) is 5.75 Å². The van der Waals surface area contributed by atoms with E-state index in [2.05, 4.69) is 41.2 Å². The molecule has 5 heteroatoms. The Balaban J connectivity index is 0.00000361. The standard InChI is InChI=1S/C15H24BrNO2.ClH/c1-4-18-15-7-6-14(16)10-13(15)11-17-8-5-9-19-12(2)3;/h6-7,10,12,17H,4-5,8-9,11H2,1-3H3;1H. The van der Waals surface area contributed by atoms with E-state index in [0.29, 0.717) is 12.7 Å². The average Bonchev–Trinajstić information content (AvgIpc) is 2.36. The summed E-state index contributed by atoms with van der Waals surface area (Å²) in [6, 6.07) is 6.11. The smallest absolute Gasteiger partial charge is 0.123 e. The van der Waals surface area contributed by atoms with Crippen LogP contribution in [0.3, 0.4) is 0 Å². The van der Waals surface area contributed by atoms with Crippen molar-refractivity contribution in [2.75, 3.05) is 19.8 Å². The first-order valence-electron chi connectivity index (χ1n) is 6.87. The van der Waals surface area contributed by atoms with Gasteiger partial charge >= 0.3 is 0 Å². The van der Waals surface area contributed by atoms with Gasteiger partial charge < -0.3 is 14.8 Å². The normalized spacial score (nSPS) is 10.4. The number of hydrogen-bond donors (Lipinski definition) is 1. The van der Waals surface area contributed by atoms with Gasteiger partial charge in [0.15, 0.2) is 0 Å². The van der Waals surface area contributed by atoms with Crippen LogP contribution in [0.1, 0.15) is 32.8 Å². The van der Waals surface area contributed by atoms with Crippen LogP contribution in [0.25, 0.3) is 0 Å². The van der Waals surface area contributed by atoms with Crippen molar-refractivity contribution < 1.29 is 9.47 Å². The van der Waals surface area contributed by atoms with Crippen LogP contribution in [0.2, 0.25) is 0 Å². The summed E-state index contributed by atoms with van der Waals surface area (Å²) in [6.07, 6.45) is 1.34. The molecule has 0 unspecified atom stereocenters. The third kappa shape index (κ3) is 8.10. The molecule has 0 fully saturated rings. The lowest BCUT2D eigenvalue weighted by Crippen LogP contribution is -2.18. The summed E-state index contributed by atoms with van der Waals surface area (Å²) < 4.78 is 12.2. The molecular formula is C15H25BrClNO2. The fourth-order valence-electron chi connectivity index (χ4n) is 1.72. The molecule has 0 aliphatic heterocycles. The Morgan fingerprint density at radius 3 is 2.70 bits per heavy atom. The lowest BCUT2D eigenvalue weighted by atomic mass is 10.2. The van der Waals surface area contributed by atoms with Crippen LogP contribution < -0.4 is 10.1 Å². The SMILES string of the molecule is CCOc1ccc(Br)cc1CNCCCOC(C)C.Cl. The van der Waals surface area contributed by atoms with Crippen molar-refractivity contribution in [1.29, 1.82) is 0 Å². The summed E-state index contributed by atoms with van der Waals surface area (Å²) in [5.41, 5.74) is 1.18. The molecule has 0 atom stereocenters. The Labute approximate surface area is 137 Å². The van der Waals surface area contributed by atoms with Gasteiger partial charge in [-0.15, -0.1) is 12.4 Å². The van der Waals surface area contributed by atoms with Gasteiger partial charge in [-0.1, -0.05) is 15.9 Å². The molecule has 3 nitrogen and oxygen atoms in total. The number of rotatable bonds is 9. The first kappa shape index (κ1) is 19.7. The van der Waals surface area contributed by atoms with Crippen LogP contribution in [0.5, 0.6) is 5.75 Å². The van der Waals surface area contributed by atoms with Gasteiger partial charge in [-0.3, -0.25) is 0 Å². The van der Waals surface area contributed by atoms with Crippen molar-refractivity contribution in [3.63, 3.8) is 0 Å². The van der Waals surface area contributed by atoms with Crippen molar-refractivity contribution in [2.24, 2.45) is 0 Å². The minimum absolute atomic E-state index is 0.